The highest BCUT2D eigenvalue weighted by Crippen LogP contribution is 2.32. The number of amides is 1. The zero-order chi connectivity index (χ0) is 20.6. The van der Waals surface area contributed by atoms with Crippen molar-refractivity contribution in [2.45, 2.75) is 50.8 Å². The number of carbonyl (C=O) groups excluding carboxylic acids is 1. The quantitative estimate of drug-likeness (QED) is 0.782. The molecule has 1 aliphatic carbocycles. The van der Waals surface area contributed by atoms with E-state index in [-0.39, 0.29) is 12.5 Å². The van der Waals surface area contributed by atoms with E-state index in [9.17, 15) is 14.3 Å². The van der Waals surface area contributed by atoms with Crippen molar-refractivity contribution in [1.82, 2.24) is 10.3 Å². The Kier molecular flexibility index (Phi) is 5.67. The molecule has 3 atom stereocenters. The summed E-state index contributed by atoms with van der Waals surface area (Å²) in [4.78, 5) is 19.5. The summed E-state index contributed by atoms with van der Waals surface area (Å²) >= 11 is 6.35. The third-order valence-electron chi connectivity index (χ3n) is 6.13. The predicted octanol–water partition coefficient (Wildman–Crippen LogP) is 4.11. The van der Waals surface area contributed by atoms with E-state index in [0.717, 1.165) is 12.8 Å². The molecule has 2 aromatic rings. The van der Waals surface area contributed by atoms with E-state index in [1.165, 1.54) is 0 Å². The predicted molar refractivity (Wildman–Crippen MR) is 113 cm³/mol. The maximum atomic E-state index is 13.5. The van der Waals surface area contributed by atoms with Gasteiger partial charge in [-0.25, -0.2) is 9.37 Å². The SMILES string of the molecule is C[C@@H]1CCC[C@](O)(CNC(=O)c2c(Cl)ccc3nc(N4CC[C@@H](F)C4)ccc23)C1. The van der Waals surface area contributed by atoms with Crippen LogP contribution in [0.4, 0.5) is 10.2 Å². The van der Waals surface area contributed by atoms with Gasteiger partial charge in [0.1, 0.15) is 12.0 Å². The van der Waals surface area contributed by atoms with Gasteiger partial charge in [-0.3, -0.25) is 4.79 Å². The Hall–Kier alpha value is -1.92. The number of nitrogens with zero attached hydrogens (tertiary/aromatic N) is 2. The lowest BCUT2D eigenvalue weighted by Crippen LogP contribution is -2.45. The molecule has 2 heterocycles. The molecule has 1 saturated heterocycles. The molecule has 2 fully saturated rings. The molecule has 2 N–H and O–H groups in total. The summed E-state index contributed by atoms with van der Waals surface area (Å²) in [6, 6.07) is 7.07. The fraction of sp³-hybridized carbons (Fsp3) is 0.545. The molecular weight excluding hydrogens is 393 g/mol. The van der Waals surface area contributed by atoms with Crippen LogP contribution < -0.4 is 10.2 Å². The minimum Gasteiger partial charge on any atom is -0.388 e. The third-order valence-corrected chi connectivity index (χ3v) is 6.45. The topological polar surface area (TPSA) is 65.5 Å². The minimum atomic E-state index is -0.867. The number of alkyl halides is 1. The number of aromatic nitrogens is 1. The van der Waals surface area contributed by atoms with Crippen LogP contribution >= 0.6 is 11.6 Å². The average molecular weight is 420 g/mol. The second-order valence-electron chi connectivity index (χ2n) is 8.60. The third kappa shape index (κ3) is 4.33. The lowest BCUT2D eigenvalue weighted by Gasteiger charge is -2.35. The molecule has 1 aromatic carbocycles. The number of nitrogens with one attached hydrogen (secondary N) is 1. The van der Waals surface area contributed by atoms with Crippen LogP contribution in [0.25, 0.3) is 10.9 Å². The Morgan fingerprint density at radius 1 is 1.38 bits per heavy atom. The van der Waals surface area contributed by atoms with Crippen LogP contribution in [0.15, 0.2) is 24.3 Å². The van der Waals surface area contributed by atoms with Crippen molar-refractivity contribution in [2.75, 3.05) is 24.5 Å². The number of aliphatic hydroxyl groups is 1. The molecule has 0 unspecified atom stereocenters. The normalized spacial score (nSPS) is 27.4. The fourth-order valence-corrected chi connectivity index (χ4v) is 4.88. The van der Waals surface area contributed by atoms with Crippen molar-refractivity contribution >= 4 is 34.2 Å². The second kappa shape index (κ2) is 8.07. The van der Waals surface area contributed by atoms with Crippen LogP contribution in [0.3, 0.4) is 0 Å². The zero-order valence-electron chi connectivity index (χ0n) is 16.6. The van der Waals surface area contributed by atoms with Gasteiger partial charge in [-0.15, -0.1) is 0 Å². The van der Waals surface area contributed by atoms with Crippen molar-refractivity contribution in [3.05, 3.63) is 34.9 Å². The summed E-state index contributed by atoms with van der Waals surface area (Å²) in [7, 11) is 0. The number of hydrogen-bond donors (Lipinski definition) is 2. The molecule has 2 aliphatic rings. The number of hydrogen-bond acceptors (Lipinski definition) is 4. The van der Waals surface area contributed by atoms with Gasteiger partial charge in [0.2, 0.25) is 0 Å². The number of benzene rings is 1. The Morgan fingerprint density at radius 2 is 2.21 bits per heavy atom. The van der Waals surface area contributed by atoms with Crippen molar-refractivity contribution in [3.63, 3.8) is 0 Å². The first-order chi connectivity index (χ1) is 13.8. The van der Waals surface area contributed by atoms with Crippen LogP contribution in [0.5, 0.6) is 0 Å². The van der Waals surface area contributed by atoms with Gasteiger partial charge in [0, 0.05) is 18.5 Å². The van der Waals surface area contributed by atoms with Crippen LogP contribution in [0, 0.1) is 5.92 Å². The summed E-state index contributed by atoms with van der Waals surface area (Å²) in [5.41, 5.74) is 0.138. The molecule has 1 aliphatic heterocycles. The molecule has 0 bridgehead atoms. The van der Waals surface area contributed by atoms with Gasteiger partial charge in [-0.05, 0) is 49.4 Å². The number of carbonyl (C=O) groups is 1. The van der Waals surface area contributed by atoms with Crippen molar-refractivity contribution in [2.24, 2.45) is 5.92 Å². The second-order valence-corrected chi connectivity index (χ2v) is 9.01. The number of rotatable bonds is 4. The van der Waals surface area contributed by atoms with E-state index in [2.05, 4.69) is 17.2 Å². The Morgan fingerprint density at radius 3 is 2.93 bits per heavy atom. The lowest BCUT2D eigenvalue weighted by molar-refractivity contribution is -0.0109. The van der Waals surface area contributed by atoms with Crippen LogP contribution in [0.1, 0.15) is 49.4 Å². The summed E-state index contributed by atoms with van der Waals surface area (Å²) in [5.74, 6) is 0.840. The van der Waals surface area contributed by atoms with Crippen molar-refractivity contribution in [1.29, 1.82) is 0 Å². The molecule has 5 nitrogen and oxygen atoms in total. The van der Waals surface area contributed by atoms with Crippen molar-refractivity contribution < 1.29 is 14.3 Å². The lowest BCUT2D eigenvalue weighted by atomic mass is 9.79. The maximum Gasteiger partial charge on any atom is 0.253 e. The zero-order valence-corrected chi connectivity index (χ0v) is 17.4. The van der Waals surface area contributed by atoms with Crippen LogP contribution in [0.2, 0.25) is 5.02 Å². The number of pyridine rings is 1. The Labute approximate surface area is 175 Å². The molecular formula is C22H27ClFN3O2. The Balaban J connectivity index is 1.56. The highest BCUT2D eigenvalue weighted by molar-refractivity contribution is 6.35. The molecule has 4 rings (SSSR count). The van der Waals surface area contributed by atoms with Gasteiger partial charge in [0.25, 0.3) is 5.91 Å². The molecule has 1 aromatic heterocycles. The largest absolute Gasteiger partial charge is 0.388 e. The molecule has 1 saturated carbocycles. The van der Waals surface area contributed by atoms with E-state index in [0.29, 0.717) is 65.6 Å². The smallest absolute Gasteiger partial charge is 0.253 e. The number of fused-ring (bicyclic) bond motifs is 1. The first-order valence-corrected chi connectivity index (χ1v) is 10.7. The molecule has 29 heavy (non-hydrogen) atoms. The fourth-order valence-electron chi connectivity index (χ4n) is 4.63. The molecule has 156 valence electrons. The summed E-state index contributed by atoms with van der Waals surface area (Å²) in [5, 5.41) is 14.7. The molecule has 0 spiro atoms. The molecule has 0 radical (unpaired) electrons. The number of halogens is 2. The average Bonchev–Trinajstić information content (AvgIpc) is 3.12. The van der Waals surface area contributed by atoms with Crippen LogP contribution in [-0.2, 0) is 0 Å². The number of anilines is 1. The van der Waals surface area contributed by atoms with Crippen molar-refractivity contribution in [3.8, 4) is 0 Å². The molecule has 7 heteroatoms. The van der Waals surface area contributed by atoms with Gasteiger partial charge < -0.3 is 15.3 Å². The summed E-state index contributed by atoms with van der Waals surface area (Å²) in [6.45, 7) is 3.32. The van der Waals surface area contributed by atoms with E-state index >= 15 is 0 Å². The molecule has 1 amide bonds. The monoisotopic (exact) mass is 419 g/mol. The van der Waals surface area contributed by atoms with Gasteiger partial charge in [0.05, 0.1) is 28.2 Å². The summed E-state index contributed by atoms with van der Waals surface area (Å²) < 4.78 is 13.5. The minimum absolute atomic E-state index is 0.208. The van der Waals surface area contributed by atoms with E-state index in [1.54, 1.807) is 12.1 Å². The Bertz CT molecular complexity index is 924. The maximum absolute atomic E-state index is 13.5. The van der Waals surface area contributed by atoms with Gasteiger partial charge >= 0.3 is 0 Å². The highest BCUT2D eigenvalue weighted by atomic mass is 35.5. The van der Waals surface area contributed by atoms with Gasteiger partial charge in [-0.1, -0.05) is 31.4 Å². The standard InChI is InChI=1S/C22H27ClFN3O2/c1-14-3-2-9-22(29,11-14)13-25-21(28)20-16-4-7-19(27-10-8-15(24)12-27)26-18(16)6-5-17(20)23/h4-7,14-15,29H,2-3,8-13H2,1H3,(H,25,28)/t14-,15-,22-/m1/s1. The highest BCUT2D eigenvalue weighted by Gasteiger charge is 2.33. The van der Waals surface area contributed by atoms with E-state index < -0.39 is 11.8 Å². The first kappa shape index (κ1) is 20.4. The van der Waals surface area contributed by atoms with Gasteiger partial charge in [0.15, 0.2) is 0 Å². The van der Waals surface area contributed by atoms with Gasteiger partial charge in [-0.2, -0.15) is 0 Å². The summed E-state index contributed by atoms with van der Waals surface area (Å²) in [6.07, 6.45) is 3.14. The van der Waals surface area contributed by atoms with E-state index in [1.807, 2.05) is 17.0 Å². The van der Waals surface area contributed by atoms with Crippen LogP contribution in [-0.4, -0.2) is 47.4 Å². The first-order valence-electron chi connectivity index (χ1n) is 10.3. The van der Waals surface area contributed by atoms with E-state index in [4.69, 9.17) is 11.6 Å².